The lowest BCUT2D eigenvalue weighted by Crippen LogP contribution is -2.12. The number of methoxy groups -OCH3 is 2. The van der Waals surface area contributed by atoms with Gasteiger partial charge in [-0.2, -0.15) is 10.2 Å². The predicted molar refractivity (Wildman–Crippen MR) is 97.8 cm³/mol. The molecule has 1 aromatic carbocycles. The molecule has 0 saturated heterocycles. The Hall–Kier alpha value is -3.29. The number of H-pyrrole nitrogens is 1. The minimum absolute atomic E-state index is 0.307. The van der Waals surface area contributed by atoms with Crippen LogP contribution in [0.3, 0.4) is 0 Å². The lowest BCUT2D eigenvalue weighted by Gasteiger charge is -2.09. The molecule has 0 saturated carbocycles. The lowest BCUT2D eigenvalue weighted by atomic mass is 10.1. The molecule has 0 bridgehead atoms. The second-order valence-electron chi connectivity index (χ2n) is 5.89. The first kappa shape index (κ1) is 17.5. The zero-order valence-corrected chi connectivity index (χ0v) is 15.4. The van der Waals surface area contributed by atoms with Gasteiger partial charge in [-0.25, -0.2) is 0 Å². The summed E-state index contributed by atoms with van der Waals surface area (Å²) in [5.74, 6) is 0.872. The molecule has 3 rings (SSSR count). The first-order chi connectivity index (χ1) is 12.4. The van der Waals surface area contributed by atoms with Gasteiger partial charge in [-0.1, -0.05) is 0 Å². The number of amides is 1. The van der Waals surface area contributed by atoms with E-state index in [0.29, 0.717) is 28.6 Å². The van der Waals surface area contributed by atoms with E-state index in [0.717, 1.165) is 17.0 Å². The highest BCUT2D eigenvalue weighted by molar-refractivity contribution is 6.03. The average Bonchev–Trinajstić information content (AvgIpc) is 3.19. The van der Waals surface area contributed by atoms with Crippen LogP contribution in [0.15, 0.2) is 24.3 Å². The summed E-state index contributed by atoms with van der Waals surface area (Å²) in [6.07, 6.45) is 0. The number of aromatic amines is 1. The summed E-state index contributed by atoms with van der Waals surface area (Å²) in [5.41, 5.74) is 4.37. The van der Waals surface area contributed by atoms with E-state index < -0.39 is 0 Å². The fraction of sp³-hybridized carbons (Fsp3) is 0.278. The first-order valence-electron chi connectivity index (χ1n) is 8.03. The van der Waals surface area contributed by atoms with Gasteiger partial charge >= 0.3 is 0 Å². The highest BCUT2D eigenvalue weighted by Crippen LogP contribution is 2.27. The molecule has 0 fully saturated rings. The summed E-state index contributed by atoms with van der Waals surface area (Å²) >= 11 is 0. The zero-order valence-electron chi connectivity index (χ0n) is 15.4. The third-order valence-corrected chi connectivity index (χ3v) is 4.20. The number of benzene rings is 1. The Morgan fingerprint density at radius 3 is 2.31 bits per heavy atom. The summed E-state index contributed by atoms with van der Waals surface area (Å²) in [7, 11) is 4.99. The Bertz CT molecular complexity index is 936. The molecular weight excluding hydrogens is 334 g/mol. The van der Waals surface area contributed by atoms with E-state index in [1.807, 2.05) is 20.9 Å². The Morgan fingerprint density at radius 1 is 1.12 bits per heavy atom. The van der Waals surface area contributed by atoms with Crippen LogP contribution in [0.2, 0.25) is 0 Å². The van der Waals surface area contributed by atoms with E-state index in [1.54, 1.807) is 43.2 Å². The van der Waals surface area contributed by atoms with Crippen LogP contribution in [-0.2, 0) is 7.05 Å². The van der Waals surface area contributed by atoms with Crippen molar-refractivity contribution in [1.29, 1.82) is 0 Å². The maximum absolute atomic E-state index is 12.5. The number of ether oxygens (including phenoxy) is 2. The Labute approximate surface area is 151 Å². The molecule has 1 amide bonds. The van der Waals surface area contributed by atoms with Crippen molar-refractivity contribution >= 4 is 11.6 Å². The maximum Gasteiger partial charge on any atom is 0.273 e. The fourth-order valence-corrected chi connectivity index (χ4v) is 2.79. The van der Waals surface area contributed by atoms with E-state index >= 15 is 0 Å². The summed E-state index contributed by atoms with van der Waals surface area (Å²) in [4.78, 5) is 12.5. The molecule has 2 heterocycles. The van der Waals surface area contributed by atoms with Crippen LogP contribution in [0, 0.1) is 13.8 Å². The fourth-order valence-electron chi connectivity index (χ4n) is 2.79. The Kier molecular flexibility index (Phi) is 4.66. The summed E-state index contributed by atoms with van der Waals surface area (Å²) in [6.45, 7) is 3.88. The molecule has 8 nitrogen and oxygen atoms in total. The topological polar surface area (TPSA) is 94.1 Å². The van der Waals surface area contributed by atoms with E-state index in [1.165, 1.54) is 0 Å². The zero-order chi connectivity index (χ0) is 18.8. The van der Waals surface area contributed by atoms with Crippen molar-refractivity contribution in [2.75, 3.05) is 19.5 Å². The van der Waals surface area contributed by atoms with Gasteiger partial charge in [0.2, 0.25) is 0 Å². The molecule has 3 aromatic rings. The smallest absolute Gasteiger partial charge is 0.273 e. The van der Waals surface area contributed by atoms with Gasteiger partial charge in [-0.15, -0.1) is 0 Å². The number of aromatic nitrogens is 4. The normalized spacial score (nSPS) is 10.7. The number of rotatable bonds is 5. The molecule has 2 aromatic heterocycles. The molecule has 0 aliphatic heterocycles. The number of hydrogen-bond donors (Lipinski definition) is 2. The number of hydrogen-bond acceptors (Lipinski definition) is 5. The number of anilines is 1. The van der Waals surface area contributed by atoms with Crippen molar-refractivity contribution in [1.82, 2.24) is 20.0 Å². The summed E-state index contributed by atoms with van der Waals surface area (Å²) < 4.78 is 12.2. The quantitative estimate of drug-likeness (QED) is 0.734. The molecule has 2 N–H and O–H groups in total. The second kappa shape index (κ2) is 6.91. The van der Waals surface area contributed by atoms with Gasteiger partial charge in [-0.05, 0) is 19.9 Å². The van der Waals surface area contributed by atoms with Gasteiger partial charge in [0.05, 0.1) is 25.6 Å². The van der Waals surface area contributed by atoms with Crippen molar-refractivity contribution in [2.45, 2.75) is 13.8 Å². The number of nitrogens with one attached hydrogen (secondary N) is 2. The van der Waals surface area contributed by atoms with Crippen molar-refractivity contribution in [2.24, 2.45) is 7.05 Å². The standard InChI is InChI=1S/C18H21N5O3/c1-10-17(11(2)23(3)22-10)15-9-16(21-20-15)18(24)19-12-6-13(25-4)8-14(7-12)26-5/h6-9H,1-5H3,(H,19,24)(H,20,21). The first-order valence-corrected chi connectivity index (χ1v) is 8.03. The van der Waals surface area contributed by atoms with Crippen LogP contribution in [0.4, 0.5) is 5.69 Å². The number of nitrogens with zero attached hydrogens (tertiary/aromatic N) is 3. The predicted octanol–water partition coefficient (Wildman–Crippen LogP) is 2.70. The van der Waals surface area contributed by atoms with Crippen LogP contribution in [-0.4, -0.2) is 40.1 Å². The monoisotopic (exact) mass is 355 g/mol. The van der Waals surface area contributed by atoms with Gasteiger partial charge < -0.3 is 14.8 Å². The van der Waals surface area contributed by atoms with E-state index in [9.17, 15) is 4.79 Å². The molecule has 0 spiro atoms. The molecule has 0 atom stereocenters. The number of carbonyl (C=O) groups is 1. The third-order valence-electron chi connectivity index (χ3n) is 4.20. The number of aryl methyl sites for hydroxylation is 2. The second-order valence-corrected chi connectivity index (χ2v) is 5.89. The molecule has 0 radical (unpaired) electrons. The van der Waals surface area contributed by atoms with Crippen molar-refractivity contribution in [3.63, 3.8) is 0 Å². The minimum atomic E-state index is -0.307. The maximum atomic E-state index is 12.5. The van der Waals surface area contributed by atoms with Crippen LogP contribution in [0.25, 0.3) is 11.3 Å². The van der Waals surface area contributed by atoms with Crippen LogP contribution in [0.5, 0.6) is 11.5 Å². The highest BCUT2D eigenvalue weighted by atomic mass is 16.5. The van der Waals surface area contributed by atoms with Crippen LogP contribution < -0.4 is 14.8 Å². The van der Waals surface area contributed by atoms with Crippen LogP contribution in [0.1, 0.15) is 21.9 Å². The van der Waals surface area contributed by atoms with Gasteiger partial charge in [0.25, 0.3) is 5.91 Å². The lowest BCUT2D eigenvalue weighted by molar-refractivity contribution is 0.102. The Balaban J connectivity index is 1.85. The summed E-state index contributed by atoms with van der Waals surface area (Å²) in [5, 5.41) is 14.2. The van der Waals surface area contributed by atoms with Crippen LogP contribution >= 0.6 is 0 Å². The molecule has 0 unspecified atom stereocenters. The van der Waals surface area contributed by atoms with Crippen molar-refractivity contribution in [3.05, 3.63) is 41.3 Å². The van der Waals surface area contributed by atoms with Crippen molar-refractivity contribution < 1.29 is 14.3 Å². The molecule has 8 heteroatoms. The minimum Gasteiger partial charge on any atom is -0.497 e. The molecule has 0 aliphatic carbocycles. The van der Waals surface area contributed by atoms with Crippen molar-refractivity contribution in [3.8, 4) is 22.8 Å². The van der Waals surface area contributed by atoms with E-state index in [4.69, 9.17) is 9.47 Å². The molecule has 26 heavy (non-hydrogen) atoms. The molecular formula is C18H21N5O3. The molecule has 136 valence electrons. The third kappa shape index (κ3) is 3.26. The number of carbonyl (C=O) groups excluding carboxylic acids is 1. The van der Waals surface area contributed by atoms with E-state index in [2.05, 4.69) is 20.6 Å². The van der Waals surface area contributed by atoms with Gasteiger partial charge in [-0.3, -0.25) is 14.6 Å². The van der Waals surface area contributed by atoms with Gasteiger partial charge in [0.1, 0.15) is 17.2 Å². The van der Waals surface area contributed by atoms with Gasteiger partial charge in [0.15, 0.2) is 0 Å². The summed E-state index contributed by atoms with van der Waals surface area (Å²) in [6, 6.07) is 6.88. The largest absolute Gasteiger partial charge is 0.497 e. The Morgan fingerprint density at radius 2 is 1.77 bits per heavy atom. The van der Waals surface area contributed by atoms with Gasteiger partial charge in [0, 0.05) is 42.2 Å². The highest BCUT2D eigenvalue weighted by Gasteiger charge is 2.17. The van der Waals surface area contributed by atoms with E-state index in [-0.39, 0.29) is 5.91 Å². The average molecular weight is 355 g/mol. The molecule has 0 aliphatic rings. The SMILES string of the molecule is COc1cc(NC(=O)c2cc(-c3c(C)nn(C)c3C)n[nH]2)cc(OC)c1.